The van der Waals surface area contributed by atoms with Gasteiger partial charge < -0.3 is 9.64 Å². The highest BCUT2D eigenvalue weighted by molar-refractivity contribution is 7.80. The summed E-state index contributed by atoms with van der Waals surface area (Å²) >= 11 is 4.24. The van der Waals surface area contributed by atoms with E-state index in [1.165, 1.54) is 16.7 Å². The molecule has 18 heavy (non-hydrogen) atoms. The minimum atomic E-state index is 0.963. The van der Waals surface area contributed by atoms with Crippen molar-refractivity contribution >= 4 is 12.6 Å². The molecule has 0 unspecified atom stereocenters. The summed E-state index contributed by atoms with van der Waals surface area (Å²) in [6.45, 7) is 6.53. The number of benzene rings is 1. The molecule has 1 rings (SSSR count). The molecule has 0 saturated carbocycles. The van der Waals surface area contributed by atoms with E-state index in [2.05, 4.69) is 50.6 Å². The summed E-state index contributed by atoms with van der Waals surface area (Å²) in [5, 5.41) is 0. The Bertz CT molecular complexity index is 379. The maximum absolute atomic E-state index is 5.34. The Morgan fingerprint density at radius 2 is 1.89 bits per heavy atom. The highest BCUT2D eigenvalue weighted by Gasteiger charge is 2.07. The van der Waals surface area contributed by atoms with E-state index in [-0.39, 0.29) is 0 Å². The van der Waals surface area contributed by atoms with Crippen LogP contribution < -0.4 is 4.74 Å². The highest BCUT2D eigenvalue weighted by Crippen LogP contribution is 2.24. The Morgan fingerprint density at radius 3 is 2.50 bits per heavy atom. The van der Waals surface area contributed by atoms with Crippen LogP contribution in [0.4, 0.5) is 0 Å². The van der Waals surface area contributed by atoms with Crippen molar-refractivity contribution in [2.45, 2.75) is 26.7 Å². The second-order valence-corrected chi connectivity index (χ2v) is 5.25. The van der Waals surface area contributed by atoms with Gasteiger partial charge in [-0.3, -0.25) is 0 Å². The van der Waals surface area contributed by atoms with Crippen LogP contribution in [0.25, 0.3) is 0 Å². The molecule has 0 aliphatic rings. The fourth-order valence-electron chi connectivity index (χ4n) is 2.11. The van der Waals surface area contributed by atoms with Gasteiger partial charge in [0.2, 0.25) is 0 Å². The van der Waals surface area contributed by atoms with Gasteiger partial charge in [0.15, 0.2) is 0 Å². The SMILES string of the molecule is COc1ccc(CCN(C)CCCS)c(C)c1C. The molecule has 0 radical (unpaired) electrons. The summed E-state index contributed by atoms with van der Waals surface area (Å²) in [6, 6.07) is 4.26. The zero-order valence-electron chi connectivity index (χ0n) is 12.0. The number of thiol groups is 1. The van der Waals surface area contributed by atoms with Crippen LogP contribution in [0.2, 0.25) is 0 Å². The predicted molar refractivity (Wildman–Crippen MR) is 82.1 cm³/mol. The first-order valence-electron chi connectivity index (χ1n) is 6.52. The van der Waals surface area contributed by atoms with E-state index in [0.29, 0.717) is 0 Å². The van der Waals surface area contributed by atoms with Crippen molar-refractivity contribution in [1.29, 1.82) is 0 Å². The van der Waals surface area contributed by atoms with Crippen molar-refractivity contribution in [1.82, 2.24) is 4.90 Å². The Labute approximate surface area is 117 Å². The van der Waals surface area contributed by atoms with Gasteiger partial charge in [0, 0.05) is 6.54 Å². The zero-order valence-corrected chi connectivity index (χ0v) is 12.9. The number of hydrogen-bond donors (Lipinski definition) is 1. The third-order valence-corrected chi connectivity index (χ3v) is 3.85. The van der Waals surface area contributed by atoms with Crippen LogP contribution in [0.5, 0.6) is 5.75 Å². The molecular formula is C15H25NOS. The van der Waals surface area contributed by atoms with E-state index < -0.39 is 0 Å². The largest absolute Gasteiger partial charge is 0.496 e. The number of nitrogens with zero attached hydrogens (tertiary/aromatic N) is 1. The molecule has 0 heterocycles. The zero-order chi connectivity index (χ0) is 13.5. The monoisotopic (exact) mass is 267 g/mol. The van der Waals surface area contributed by atoms with Crippen LogP contribution in [0.1, 0.15) is 23.1 Å². The molecule has 0 bridgehead atoms. The fraction of sp³-hybridized carbons (Fsp3) is 0.600. The van der Waals surface area contributed by atoms with Crippen molar-refractivity contribution < 1.29 is 4.74 Å². The lowest BCUT2D eigenvalue weighted by atomic mass is 10.00. The van der Waals surface area contributed by atoms with E-state index in [1.54, 1.807) is 7.11 Å². The Hall–Kier alpha value is -0.670. The topological polar surface area (TPSA) is 12.5 Å². The average molecular weight is 267 g/mol. The summed E-state index contributed by atoms with van der Waals surface area (Å²) in [5.74, 6) is 1.95. The van der Waals surface area contributed by atoms with Gasteiger partial charge in [-0.05, 0) is 68.8 Å². The second-order valence-electron chi connectivity index (χ2n) is 4.81. The first kappa shape index (κ1) is 15.4. The summed E-state index contributed by atoms with van der Waals surface area (Å²) in [7, 11) is 3.90. The molecule has 2 nitrogen and oxygen atoms in total. The molecule has 0 aliphatic heterocycles. The van der Waals surface area contributed by atoms with E-state index >= 15 is 0 Å². The van der Waals surface area contributed by atoms with Gasteiger partial charge in [0.25, 0.3) is 0 Å². The van der Waals surface area contributed by atoms with Gasteiger partial charge in [-0.1, -0.05) is 6.07 Å². The molecular weight excluding hydrogens is 242 g/mol. The number of ether oxygens (including phenoxy) is 1. The summed E-state index contributed by atoms with van der Waals surface area (Å²) in [6.07, 6.45) is 2.25. The van der Waals surface area contributed by atoms with Crippen LogP contribution in [-0.2, 0) is 6.42 Å². The van der Waals surface area contributed by atoms with Crippen molar-refractivity contribution in [3.63, 3.8) is 0 Å². The lowest BCUT2D eigenvalue weighted by molar-refractivity contribution is 0.340. The third kappa shape index (κ3) is 4.21. The molecule has 1 aromatic rings. The molecule has 0 amide bonds. The van der Waals surface area contributed by atoms with Crippen molar-refractivity contribution in [2.75, 3.05) is 33.0 Å². The van der Waals surface area contributed by atoms with Gasteiger partial charge in [0.1, 0.15) is 5.75 Å². The number of likely N-dealkylation sites (N-methyl/N-ethyl adjacent to an activating group) is 1. The van der Waals surface area contributed by atoms with Crippen molar-refractivity contribution in [3.8, 4) is 5.75 Å². The average Bonchev–Trinajstić information content (AvgIpc) is 2.38. The first-order chi connectivity index (χ1) is 8.60. The number of rotatable bonds is 7. The number of hydrogen-bond acceptors (Lipinski definition) is 3. The molecule has 0 fully saturated rings. The van der Waals surface area contributed by atoms with E-state index in [1.807, 2.05) is 0 Å². The predicted octanol–water partition coefficient (Wildman–Crippen LogP) is 3.11. The van der Waals surface area contributed by atoms with E-state index in [4.69, 9.17) is 4.74 Å². The quantitative estimate of drug-likeness (QED) is 0.762. The van der Waals surface area contributed by atoms with Crippen LogP contribution in [0.3, 0.4) is 0 Å². The molecule has 102 valence electrons. The van der Waals surface area contributed by atoms with Gasteiger partial charge in [-0.15, -0.1) is 0 Å². The van der Waals surface area contributed by atoms with Crippen LogP contribution in [0.15, 0.2) is 12.1 Å². The van der Waals surface area contributed by atoms with Crippen LogP contribution in [-0.4, -0.2) is 37.9 Å². The molecule has 0 spiro atoms. The maximum Gasteiger partial charge on any atom is 0.122 e. The normalized spacial score (nSPS) is 11.0. The van der Waals surface area contributed by atoms with Crippen LogP contribution in [0, 0.1) is 13.8 Å². The minimum absolute atomic E-state index is 0.963. The van der Waals surface area contributed by atoms with Gasteiger partial charge in [0.05, 0.1) is 7.11 Å². The Balaban J connectivity index is 2.60. The van der Waals surface area contributed by atoms with Crippen LogP contribution >= 0.6 is 12.6 Å². The molecule has 1 aromatic carbocycles. The second kappa shape index (κ2) is 7.70. The van der Waals surface area contributed by atoms with Gasteiger partial charge in [-0.2, -0.15) is 12.6 Å². The molecule has 3 heteroatoms. The molecule has 0 aromatic heterocycles. The van der Waals surface area contributed by atoms with Gasteiger partial charge >= 0.3 is 0 Å². The minimum Gasteiger partial charge on any atom is -0.496 e. The Kier molecular flexibility index (Phi) is 6.58. The fourth-order valence-corrected chi connectivity index (χ4v) is 2.25. The van der Waals surface area contributed by atoms with Crippen molar-refractivity contribution in [3.05, 3.63) is 28.8 Å². The summed E-state index contributed by atoms with van der Waals surface area (Å²) in [4.78, 5) is 2.37. The number of methoxy groups -OCH3 is 1. The molecule has 0 atom stereocenters. The maximum atomic E-state index is 5.34. The first-order valence-corrected chi connectivity index (χ1v) is 7.15. The molecule has 0 N–H and O–H groups in total. The van der Waals surface area contributed by atoms with E-state index in [0.717, 1.165) is 37.4 Å². The standard InChI is InChI=1S/C15H25NOS/c1-12-13(2)15(17-4)7-6-14(12)8-10-16(3)9-5-11-18/h6-7,18H,5,8-11H2,1-4H3. The summed E-state index contributed by atoms with van der Waals surface area (Å²) in [5.41, 5.74) is 4.04. The van der Waals surface area contributed by atoms with Crippen molar-refractivity contribution in [2.24, 2.45) is 0 Å². The lowest BCUT2D eigenvalue weighted by Crippen LogP contribution is -2.23. The Morgan fingerprint density at radius 1 is 1.17 bits per heavy atom. The molecule has 0 saturated heterocycles. The third-order valence-electron chi connectivity index (χ3n) is 3.53. The highest BCUT2D eigenvalue weighted by atomic mass is 32.1. The van der Waals surface area contributed by atoms with Gasteiger partial charge in [-0.25, -0.2) is 0 Å². The molecule has 0 aliphatic carbocycles. The summed E-state index contributed by atoms with van der Waals surface area (Å²) < 4.78 is 5.34. The smallest absolute Gasteiger partial charge is 0.122 e. The lowest BCUT2D eigenvalue weighted by Gasteiger charge is -2.18. The van der Waals surface area contributed by atoms with E-state index in [9.17, 15) is 0 Å².